The van der Waals surface area contributed by atoms with Crippen LogP contribution in [0.5, 0.6) is 0 Å². The van der Waals surface area contributed by atoms with Gasteiger partial charge in [-0.2, -0.15) is 0 Å². The third-order valence-electron chi connectivity index (χ3n) is 6.28. The second-order valence-corrected chi connectivity index (χ2v) is 10.3. The second kappa shape index (κ2) is 12.4. The summed E-state index contributed by atoms with van der Waals surface area (Å²) >= 11 is 0. The van der Waals surface area contributed by atoms with Crippen molar-refractivity contribution in [1.82, 2.24) is 5.32 Å². The van der Waals surface area contributed by atoms with E-state index in [1.54, 1.807) is 0 Å². The average molecular weight is 370 g/mol. The maximum atomic E-state index is 8.64. The molecule has 1 aliphatic carbocycles. The molecule has 1 saturated carbocycles. The molecule has 2 aliphatic rings. The first-order valence-electron chi connectivity index (χ1n) is 11.2. The number of aliphatic hydroxyl groups excluding tert-OH is 2. The van der Waals surface area contributed by atoms with Crippen LogP contribution in [0.25, 0.3) is 0 Å². The van der Waals surface area contributed by atoms with Crippen molar-refractivity contribution in [1.29, 1.82) is 0 Å². The molecule has 3 nitrogen and oxygen atoms in total. The smallest absolute Gasteiger partial charge is 0.0431 e. The molecule has 3 N–H and O–H groups in total. The Morgan fingerprint density at radius 1 is 0.769 bits per heavy atom. The quantitative estimate of drug-likeness (QED) is 0.458. The van der Waals surface area contributed by atoms with Gasteiger partial charge in [0.25, 0.3) is 0 Å². The molecule has 0 aromatic rings. The molecule has 2 fully saturated rings. The van der Waals surface area contributed by atoms with Crippen LogP contribution in [-0.2, 0) is 0 Å². The van der Waals surface area contributed by atoms with Crippen molar-refractivity contribution in [2.75, 3.05) is 19.8 Å². The summed E-state index contributed by atoms with van der Waals surface area (Å²) in [5, 5.41) is 20.8. The first kappa shape index (κ1) is 23.9. The highest BCUT2D eigenvalue weighted by Crippen LogP contribution is 2.42. The van der Waals surface area contributed by atoms with Gasteiger partial charge in [0.15, 0.2) is 0 Å². The first-order valence-corrected chi connectivity index (χ1v) is 11.2. The van der Waals surface area contributed by atoms with E-state index in [2.05, 4.69) is 33.0 Å². The molecular weight excluding hydrogens is 322 g/mol. The summed E-state index contributed by atoms with van der Waals surface area (Å²) < 4.78 is 0. The summed E-state index contributed by atoms with van der Waals surface area (Å²) in [4.78, 5) is 0. The summed E-state index contributed by atoms with van der Waals surface area (Å²) in [6.45, 7) is 11.2. The molecule has 26 heavy (non-hydrogen) atoms. The van der Waals surface area contributed by atoms with Crippen LogP contribution < -0.4 is 5.32 Å². The molecule has 156 valence electrons. The van der Waals surface area contributed by atoms with Gasteiger partial charge in [0, 0.05) is 18.8 Å². The molecule has 0 aromatic heterocycles. The lowest BCUT2D eigenvalue weighted by Gasteiger charge is -2.17. The lowest BCUT2D eigenvalue weighted by Crippen LogP contribution is -2.31. The maximum Gasteiger partial charge on any atom is 0.0431 e. The molecule has 0 amide bonds. The summed E-state index contributed by atoms with van der Waals surface area (Å²) in [6, 6.07) is 0. The van der Waals surface area contributed by atoms with Gasteiger partial charge < -0.3 is 15.5 Å². The number of hydrogen-bond acceptors (Lipinski definition) is 3. The van der Waals surface area contributed by atoms with Gasteiger partial charge >= 0.3 is 0 Å². The molecule has 1 saturated heterocycles. The zero-order valence-electron chi connectivity index (χ0n) is 18.2. The molecule has 1 aliphatic heterocycles. The number of unbranched alkanes of at least 4 members (excludes halogenated alkanes) is 4. The van der Waals surface area contributed by atoms with Crippen molar-refractivity contribution in [3.05, 3.63) is 0 Å². The van der Waals surface area contributed by atoms with E-state index in [9.17, 15) is 0 Å². The fraction of sp³-hybridized carbons (Fsp3) is 1.00. The van der Waals surface area contributed by atoms with E-state index in [1.165, 1.54) is 70.8 Å². The van der Waals surface area contributed by atoms with E-state index in [-0.39, 0.29) is 0 Å². The lowest BCUT2D eigenvalue weighted by atomic mass is 9.89. The fourth-order valence-electron chi connectivity index (χ4n) is 4.76. The van der Waals surface area contributed by atoms with E-state index in [0.717, 1.165) is 24.7 Å². The van der Waals surface area contributed by atoms with Gasteiger partial charge in [0.1, 0.15) is 0 Å². The van der Waals surface area contributed by atoms with E-state index in [0.29, 0.717) is 24.2 Å². The van der Waals surface area contributed by atoms with Crippen LogP contribution in [0.2, 0.25) is 0 Å². The van der Waals surface area contributed by atoms with Crippen LogP contribution in [0, 0.1) is 17.3 Å². The summed E-state index contributed by atoms with van der Waals surface area (Å²) in [7, 11) is 0. The minimum Gasteiger partial charge on any atom is -0.396 e. The van der Waals surface area contributed by atoms with Gasteiger partial charge in [-0.3, -0.25) is 0 Å². The van der Waals surface area contributed by atoms with Crippen LogP contribution in [0.15, 0.2) is 0 Å². The van der Waals surface area contributed by atoms with Gasteiger partial charge in [-0.05, 0) is 82.6 Å². The van der Waals surface area contributed by atoms with Gasteiger partial charge in [-0.15, -0.1) is 0 Å². The Bertz CT molecular complexity index is 320. The second-order valence-electron chi connectivity index (χ2n) is 10.3. The summed E-state index contributed by atoms with van der Waals surface area (Å²) in [5.41, 5.74) is 0.975. The fourth-order valence-corrected chi connectivity index (χ4v) is 4.76. The van der Waals surface area contributed by atoms with E-state index >= 15 is 0 Å². The molecule has 0 spiro atoms. The van der Waals surface area contributed by atoms with Crippen LogP contribution in [0.3, 0.4) is 0 Å². The molecule has 2 unspecified atom stereocenters. The molecule has 2 rings (SSSR count). The number of nitrogens with one attached hydrogen (secondary N) is 1. The standard InChI is InChI=1S/C12H24O.C11H23NO/c1-12(2)8-7-11(10-12)6-4-3-5-9-13;1-11(2)8-10(9-12-11)6-4-3-5-7-13/h11,13H,3-10H2,1-2H3;10,12-13H,3-9H2,1-2H3. The van der Waals surface area contributed by atoms with Gasteiger partial charge in [-0.1, -0.05) is 46.0 Å². The largest absolute Gasteiger partial charge is 0.396 e. The predicted molar refractivity (Wildman–Crippen MR) is 112 cm³/mol. The van der Waals surface area contributed by atoms with E-state index < -0.39 is 0 Å². The Balaban J connectivity index is 0.000000260. The molecule has 1 heterocycles. The summed E-state index contributed by atoms with van der Waals surface area (Å²) in [5.74, 6) is 1.85. The minimum absolute atomic E-state index is 0.356. The van der Waals surface area contributed by atoms with Crippen molar-refractivity contribution < 1.29 is 10.2 Å². The zero-order valence-corrected chi connectivity index (χ0v) is 18.2. The van der Waals surface area contributed by atoms with Gasteiger partial charge in [0.05, 0.1) is 0 Å². The average Bonchev–Trinajstić information content (AvgIpc) is 3.10. The van der Waals surface area contributed by atoms with Crippen molar-refractivity contribution in [2.45, 2.75) is 110 Å². The van der Waals surface area contributed by atoms with Crippen LogP contribution in [0.1, 0.15) is 105 Å². The third kappa shape index (κ3) is 10.9. The highest BCUT2D eigenvalue weighted by molar-refractivity contribution is 4.89. The summed E-state index contributed by atoms with van der Waals surface area (Å²) in [6.07, 6.45) is 15.3. The highest BCUT2D eigenvalue weighted by Gasteiger charge is 2.30. The van der Waals surface area contributed by atoms with Crippen molar-refractivity contribution >= 4 is 0 Å². The molecule has 0 bridgehead atoms. The topological polar surface area (TPSA) is 52.5 Å². The molecular formula is C23H47NO2. The Morgan fingerprint density at radius 2 is 1.35 bits per heavy atom. The first-order chi connectivity index (χ1) is 12.3. The van der Waals surface area contributed by atoms with Gasteiger partial charge in [0.2, 0.25) is 0 Å². The highest BCUT2D eigenvalue weighted by atomic mass is 16.3. The zero-order chi connectivity index (χ0) is 19.5. The maximum absolute atomic E-state index is 8.64. The Kier molecular flexibility index (Phi) is 11.4. The Hall–Kier alpha value is -0.120. The molecule has 2 atom stereocenters. The minimum atomic E-state index is 0.356. The van der Waals surface area contributed by atoms with E-state index in [1.807, 2.05) is 0 Å². The van der Waals surface area contributed by atoms with Crippen LogP contribution in [0.4, 0.5) is 0 Å². The SMILES string of the molecule is CC1(C)CC(CCCCCO)CN1.CC1(C)CCC(CCCCCO)C1. The number of hydrogen-bond donors (Lipinski definition) is 3. The van der Waals surface area contributed by atoms with Crippen LogP contribution >= 0.6 is 0 Å². The van der Waals surface area contributed by atoms with E-state index in [4.69, 9.17) is 10.2 Å². The molecule has 3 heteroatoms. The predicted octanol–water partition coefficient (Wildman–Crippen LogP) is 5.29. The van der Waals surface area contributed by atoms with Crippen molar-refractivity contribution in [3.8, 4) is 0 Å². The van der Waals surface area contributed by atoms with Gasteiger partial charge in [-0.25, -0.2) is 0 Å². The van der Waals surface area contributed by atoms with Crippen molar-refractivity contribution in [2.24, 2.45) is 17.3 Å². The number of rotatable bonds is 10. The monoisotopic (exact) mass is 369 g/mol. The Labute approximate surface area is 163 Å². The third-order valence-corrected chi connectivity index (χ3v) is 6.28. The number of aliphatic hydroxyl groups is 2. The Morgan fingerprint density at radius 3 is 1.77 bits per heavy atom. The molecule has 0 aromatic carbocycles. The van der Waals surface area contributed by atoms with Crippen molar-refractivity contribution in [3.63, 3.8) is 0 Å². The van der Waals surface area contributed by atoms with Crippen LogP contribution in [-0.4, -0.2) is 35.5 Å². The molecule has 0 radical (unpaired) electrons. The normalized spacial score (nSPS) is 26.5. The lowest BCUT2D eigenvalue weighted by molar-refractivity contribution is 0.279.